The second-order valence-electron chi connectivity index (χ2n) is 5.57. The van der Waals surface area contributed by atoms with E-state index in [2.05, 4.69) is 4.98 Å². The molecule has 1 aromatic carbocycles. The minimum absolute atomic E-state index is 0.0747. The van der Waals surface area contributed by atoms with Crippen LogP contribution in [0.15, 0.2) is 36.5 Å². The number of hydrogen-bond donors (Lipinski definition) is 1. The molecule has 2 heterocycles. The number of rotatable bonds is 2. The van der Waals surface area contributed by atoms with Crippen LogP contribution < -0.4 is 4.74 Å². The number of carbonyl (C=O) groups is 1. The van der Waals surface area contributed by atoms with E-state index in [9.17, 15) is 9.90 Å². The molecule has 0 fully saturated rings. The highest BCUT2D eigenvalue weighted by Crippen LogP contribution is 2.37. The molecule has 0 aliphatic carbocycles. The summed E-state index contributed by atoms with van der Waals surface area (Å²) in [5, 5.41) is 9.22. The van der Waals surface area contributed by atoms with E-state index in [1.807, 2.05) is 32.0 Å². The maximum absolute atomic E-state index is 11.2. The third-order valence-electron chi connectivity index (χ3n) is 3.38. The van der Waals surface area contributed by atoms with Crippen molar-refractivity contribution in [1.29, 1.82) is 0 Å². The normalized spacial score (nSPS) is 15.5. The Morgan fingerprint density at radius 2 is 2.15 bits per heavy atom. The topological polar surface area (TPSA) is 59.4 Å². The molecule has 0 saturated carbocycles. The summed E-state index contributed by atoms with van der Waals surface area (Å²) in [6.07, 6.45) is 2.31. The fourth-order valence-electron chi connectivity index (χ4n) is 2.59. The molecule has 0 spiro atoms. The Morgan fingerprint density at radius 1 is 1.35 bits per heavy atom. The summed E-state index contributed by atoms with van der Waals surface area (Å²) in [7, 11) is 0. The van der Waals surface area contributed by atoms with E-state index >= 15 is 0 Å². The molecule has 1 aromatic heterocycles. The molecule has 0 radical (unpaired) electrons. The van der Waals surface area contributed by atoms with Crippen LogP contribution in [0.5, 0.6) is 5.75 Å². The lowest BCUT2D eigenvalue weighted by Gasteiger charge is -2.16. The number of carboxylic acid groups (broad SMARTS) is 1. The summed E-state index contributed by atoms with van der Waals surface area (Å²) in [6, 6.07) is 9.30. The van der Waals surface area contributed by atoms with Gasteiger partial charge in [-0.2, -0.15) is 0 Å². The summed E-state index contributed by atoms with van der Waals surface area (Å²) in [4.78, 5) is 15.2. The van der Waals surface area contributed by atoms with Gasteiger partial charge < -0.3 is 9.84 Å². The first kappa shape index (κ1) is 12.7. The highest BCUT2D eigenvalue weighted by atomic mass is 16.5. The molecule has 0 unspecified atom stereocenters. The molecule has 2 aromatic rings. The van der Waals surface area contributed by atoms with Crippen molar-refractivity contribution < 1.29 is 14.6 Å². The lowest BCUT2D eigenvalue weighted by molar-refractivity contribution is 0.0691. The van der Waals surface area contributed by atoms with E-state index in [0.29, 0.717) is 5.56 Å². The Kier molecular flexibility index (Phi) is 2.74. The predicted molar refractivity (Wildman–Crippen MR) is 75.0 cm³/mol. The molecule has 4 nitrogen and oxygen atoms in total. The Labute approximate surface area is 117 Å². The average Bonchev–Trinajstić information content (AvgIpc) is 2.71. The zero-order chi connectivity index (χ0) is 14.3. The molecule has 1 N–H and O–H groups in total. The van der Waals surface area contributed by atoms with Crippen molar-refractivity contribution in [3.8, 4) is 16.9 Å². The number of benzene rings is 1. The van der Waals surface area contributed by atoms with Crippen LogP contribution in [0.25, 0.3) is 11.1 Å². The Hall–Kier alpha value is -2.36. The van der Waals surface area contributed by atoms with Gasteiger partial charge in [-0.15, -0.1) is 0 Å². The summed E-state index contributed by atoms with van der Waals surface area (Å²) >= 11 is 0. The molecule has 0 atom stereocenters. The van der Waals surface area contributed by atoms with Crippen molar-refractivity contribution in [1.82, 2.24) is 4.98 Å². The number of aromatic carboxylic acids is 1. The number of hydrogen-bond acceptors (Lipinski definition) is 3. The monoisotopic (exact) mass is 269 g/mol. The largest absolute Gasteiger partial charge is 0.487 e. The highest BCUT2D eigenvalue weighted by molar-refractivity contribution is 5.93. The summed E-state index contributed by atoms with van der Waals surface area (Å²) < 4.78 is 5.83. The van der Waals surface area contributed by atoms with Crippen LogP contribution in [-0.4, -0.2) is 21.7 Å². The van der Waals surface area contributed by atoms with Gasteiger partial charge in [-0.1, -0.05) is 12.1 Å². The molecule has 4 heteroatoms. The fourth-order valence-corrected chi connectivity index (χ4v) is 2.59. The van der Waals surface area contributed by atoms with Gasteiger partial charge in [-0.25, -0.2) is 9.78 Å². The van der Waals surface area contributed by atoms with Crippen molar-refractivity contribution in [2.24, 2.45) is 0 Å². The molecule has 1 aliphatic rings. The van der Waals surface area contributed by atoms with Gasteiger partial charge in [-0.3, -0.25) is 0 Å². The van der Waals surface area contributed by atoms with Crippen LogP contribution in [0.2, 0.25) is 0 Å². The summed E-state index contributed by atoms with van der Waals surface area (Å²) in [6.45, 7) is 4.08. The van der Waals surface area contributed by atoms with E-state index < -0.39 is 5.97 Å². The second-order valence-corrected chi connectivity index (χ2v) is 5.57. The molecule has 1 aliphatic heterocycles. The smallest absolute Gasteiger partial charge is 0.355 e. The van der Waals surface area contributed by atoms with E-state index in [4.69, 9.17) is 4.74 Å². The van der Waals surface area contributed by atoms with Gasteiger partial charge in [0, 0.05) is 18.2 Å². The zero-order valence-corrected chi connectivity index (χ0v) is 11.4. The third-order valence-corrected chi connectivity index (χ3v) is 3.38. The molecule has 102 valence electrons. The van der Waals surface area contributed by atoms with E-state index in [1.165, 1.54) is 6.20 Å². The average molecular weight is 269 g/mol. The van der Waals surface area contributed by atoms with Crippen molar-refractivity contribution in [3.63, 3.8) is 0 Å². The predicted octanol–water partition coefficient (Wildman–Crippen LogP) is 3.16. The molecule has 0 bridgehead atoms. The zero-order valence-electron chi connectivity index (χ0n) is 11.4. The summed E-state index contributed by atoms with van der Waals surface area (Å²) in [5.41, 5.74) is 2.47. The van der Waals surface area contributed by atoms with Gasteiger partial charge in [0.05, 0.1) is 0 Å². The van der Waals surface area contributed by atoms with Crippen molar-refractivity contribution >= 4 is 5.97 Å². The SMILES string of the molecule is CC1(C)Cc2cc(-c3cccnc3C(=O)O)ccc2O1. The van der Waals surface area contributed by atoms with Crippen LogP contribution in [0.3, 0.4) is 0 Å². The Morgan fingerprint density at radius 3 is 2.90 bits per heavy atom. The number of pyridine rings is 1. The number of carboxylic acids is 1. The quantitative estimate of drug-likeness (QED) is 0.909. The third kappa shape index (κ3) is 2.13. The van der Waals surface area contributed by atoms with Crippen molar-refractivity contribution in [3.05, 3.63) is 47.8 Å². The van der Waals surface area contributed by atoms with E-state index in [-0.39, 0.29) is 11.3 Å². The second kappa shape index (κ2) is 4.34. The van der Waals surface area contributed by atoms with Crippen LogP contribution in [0, 0.1) is 0 Å². The van der Waals surface area contributed by atoms with E-state index in [1.54, 1.807) is 12.1 Å². The lowest BCUT2D eigenvalue weighted by atomic mass is 9.97. The number of ether oxygens (including phenoxy) is 1. The molecular formula is C16H15NO3. The molecule has 3 rings (SSSR count). The lowest BCUT2D eigenvalue weighted by Crippen LogP contribution is -2.24. The maximum Gasteiger partial charge on any atom is 0.355 e. The first-order valence-corrected chi connectivity index (χ1v) is 6.47. The standard InChI is InChI=1S/C16H15NO3/c1-16(2)9-11-8-10(5-6-13(11)20-16)12-4-3-7-17-14(12)15(18)19/h3-8H,9H2,1-2H3,(H,18,19). The highest BCUT2D eigenvalue weighted by Gasteiger charge is 2.30. The first-order valence-electron chi connectivity index (χ1n) is 6.47. The van der Waals surface area contributed by atoms with Gasteiger partial charge in [0.25, 0.3) is 0 Å². The minimum atomic E-state index is -1.02. The first-order chi connectivity index (χ1) is 9.46. The number of fused-ring (bicyclic) bond motifs is 1. The van der Waals surface area contributed by atoms with Gasteiger partial charge >= 0.3 is 5.97 Å². The number of aromatic nitrogens is 1. The van der Waals surface area contributed by atoms with Crippen molar-refractivity contribution in [2.75, 3.05) is 0 Å². The summed E-state index contributed by atoms with van der Waals surface area (Å²) in [5.74, 6) is -0.141. The molecule has 0 amide bonds. The van der Waals surface area contributed by atoms with Gasteiger partial charge in [0.15, 0.2) is 5.69 Å². The molecular weight excluding hydrogens is 254 g/mol. The van der Waals surface area contributed by atoms with E-state index in [0.717, 1.165) is 23.3 Å². The Bertz CT molecular complexity index is 692. The maximum atomic E-state index is 11.2. The number of nitrogens with zero attached hydrogens (tertiary/aromatic N) is 1. The van der Waals surface area contributed by atoms with Gasteiger partial charge in [0.1, 0.15) is 11.4 Å². The van der Waals surface area contributed by atoms with Gasteiger partial charge in [-0.05, 0) is 43.2 Å². The molecule has 0 saturated heterocycles. The fraction of sp³-hybridized carbons (Fsp3) is 0.250. The Balaban J connectivity index is 2.08. The van der Waals surface area contributed by atoms with Crippen LogP contribution in [0.1, 0.15) is 29.9 Å². The minimum Gasteiger partial charge on any atom is -0.487 e. The van der Waals surface area contributed by atoms with Crippen molar-refractivity contribution in [2.45, 2.75) is 25.9 Å². The van der Waals surface area contributed by atoms with Crippen LogP contribution in [-0.2, 0) is 6.42 Å². The molecule has 20 heavy (non-hydrogen) atoms. The van der Waals surface area contributed by atoms with Crippen LogP contribution in [0.4, 0.5) is 0 Å². The van der Waals surface area contributed by atoms with Gasteiger partial charge in [0.2, 0.25) is 0 Å². The van der Waals surface area contributed by atoms with Crippen LogP contribution >= 0.6 is 0 Å².